The first kappa shape index (κ1) is 14.0. The lowest BCUT2D eigenvalue weighted by Gasteiger charge is -2.19. The van der Waals surface area contributed by atoms with Gasteiger partial charge in [0.1, 0.15) is 15.7 Å². The van der Waals surface area contributed by atoms with Crippen LogP contribution in [0.4, 0.5) is 5.82 Å². The lowest BCUT2D eigenvalue weighted by Crippen LogP contribution is -2.26. The first-order chi connectivity index (χ1) is 8.87. The van der Waals surface area contributed by atoms with E-state index < -0.39 is 9.84 Å². The number of aromatic nitrogens is 2. The number of para-hydroxylation sites is 1. The van der Waals surface area contributed by atoms with Gasteiger partial charge in [0.2, 0.25) is 5.28 Å². The zero-order chi connectivity index (χ0) is 14.0. The highest BCUT2D eigenvalue weighted by Crippen LogP contribution is 2.24. The summed E-state index contributed by atoms with van der Waals surface area (Å²) >= 11 is 5.89. The van der Waals surface area contributed by atoms with Crippen LogP contribution in [0.1, 0.15) is 0 Å². The Hall–Kier alpha value is -1.40. The van der Waals surface area contributed by atoms with E-state index in [0.717, 1.165) is 10.9 Å². The molecule has 1 aromatic carbocycles. The molecule has 0 unspecified atom stereocenters. The van der Waals surface area contributed by atoms with Gasteiger partial charge in [0.05, 0.1) is 11.3 Å². The zero-order valence-electron chi connectivity index (χ0n) is 10.7. The fourth-order valence-corrected chi connectivity index (χ4v) is 2.51. The molecule has 0 spiro atoms. The van der Waals surface area contributed by atoms with E-state index in [0.29, 0.717) is 12.4 Å². The van der Waals surface area contributed by atoms with Gasteiger partial charge in [0.25, 0.3) is 0 Å². The van der Waals surface area contributed by atoms with E-state index in [9.17, 15) is 8.42 Å². The molecule has 0 bridgehead atoms. The molecular weight excluding hydrogens is 286 g/mol. The summed E-state index contributed by atoms with van der Waals surface area (Å²) in [7, 11) is -1.22. The average Bonchev–Trinajstić information content (AvgIpc) is 2.34. The van der Waals surface area contributed by atoms with E-state index in [1.807, 2.05) is 24.3 Å². The summed E-state index contributed by atoms with van der Waals surface area (Å²) in [6.07, 6.45) is 1.21. The van der Waals surface area contributed by atoms with Crippen molar-refractivity contribution in [1.82, 2.24) is 9.97 Å². The van der Waals surface area contributed by atoms with Crippen molar-refractivity contribution < 1.29 is 8.42 Å². The maximum Gasteiger partial charge on any atom is 0.224 e. The van der Waals surface area contributed by atoms with Crippen molar-refractivity contribution in [2.45, 2.75) is 0 Å². The van der Waals surface area contributed by atoms with Crippen LogP contribution in [0.2, 0.25) is 5.28 Å². The second-order valence-corrected chi connectivity index (χ2v) is 6.98. The molecule has 0 atom stereocenters. The first-order valence-electron chi connectivity index (χ1n) is 5.68. The molecule has 0 amide bonds. The largest absolute Gasteiger partial charge is 0.358 e. The standard InChI is InChI=1S/C12H14ClN3O2S/c1-16(7-8-19(2,17)18)11-9-5-3-4-6-10(9)14-12(13)15-11/h3-6H,7-8H2,1-2H3. The predicted octanol–water partition coefficient (Wildman–Crippen LogP) is 1.76. The van der Waals surface area contributed by atoms with Gasteiger partial charge in [-0.3, -0.25) is 0 Å². The van der Waals surface area contributed by atoms with Crippen LogP contribution in [0.5, 0.6) is 0 Å². The number of sulfone groups is 1. The van der Waals surface area contributed by atoms with E-state index in [1.165, 1.54) is 6.26 Å². The minimum absolute atomic E-state index is 0.0689. The van der Waals surface area contributed by atoms with Crippen molar-refractivity contribution >= 4 is 38.2 Å². The van der Waals surface area contributed by atoms with E-state index in [4.69, 9.17) is 11.6 Å². The summed E-state index contributed by atoms with van der Waals surface area (Å²) in [5.74, 6) is 0.707. The monoisotopic (exact) mass is 299 g/mol. The number of rotatable bonds is 4. The zero-order valence-corrected chi connectivity index (χ0v) is 12.2. The van der Waals surface area contributed by atoms with Crippen molar-refractivity contribution in [2.24, 2.45) is 0 Å². The number of anilines is 1. The quantitative estimate of drug-likeness (QED) is 0.805. The number of halogens is 1. The van der Waals surface area contributed by atoms with Crippen molar-refractivity contribution in [1.29, 1.82) is 0 Å². The summed E-state index contributed by atoms with van der Waals surface area (Å²) in [6, 6.07) is 7.48. The topological polar surface area (TPSA) is 63.2 Å². The Balaban J connectivity index is 2.38. The predicted molar refractivity (Wildman–Crippen MR) is 77.5 cm³/mol. The normalized spacial score (nSPS) is 11.7. The highest BCUT2D eigenvalue weighted by atomic mass is 35.5. The van der Waals surface area contributed by atoms with E-state index in [1.54, 1.807) is 11.9 Å². The fraction of sp³-hybridized carbons (Fsp3) is 0.333. The third-order valence-corrected chi connectivity index (χ3v) is 3.81. The van der Waals surface area contributed by atoms with Crippen LogP contribution in [-0.4, -0.2) is 44.0 Å². The van der Waals surface area contributed by atoms with Crippen LogP contribution >= 0.6 is 11.6 Å². The van der Waals surface area contributed by atoms with E-state index in [-0.39, 0.29) is 11.0 Å². The lowest BCUT2D eigenvalue weighted by molar-refractivity contribution is 0.601. The van der Waals surface area contributed by atoms with Crippen LogP contribution in [0.15, 0.2) is 24.3 Å². The molecule has 2 aromatic rings. The van der Waals surface area contributed by atoms with Gasteiger partial charge in [-0.05, 0) is 23.7 Å². The van der Waals surface area contributed by atoms with Gasteiger partial charge >= 0.3 is 0 Å². The van der Waals surface area contributed by atoms with Gasteiger partial charge in [0, 0.05) is 25.2 Å². The minimum Gasteiger partial charge on any atom is -0.358 e. The van der Waals surface area contributed by atoms with Gasteiger partial charge in [-0.15, -0.1) is 0 Å². The number of hydrogen-bond acceptors (Lipinski definition) is 5. The third kappa shape index (κ3) is 3.54. The fourth-order valence-electron chi connectivity index (χ4n) is 1.73. The molecule has 19 heavy (non-hydrogen) atoms. The molecule has 1 aromatic heterocycles. The Kier molecular flexibility index (Phi) is 3.91. The third-order valence-electron chi connectivity index (χ3n) is 2.71. The summed E-state index contributed by atoms with van der Waals surface area (Å²) in [6.45, 7) is 0.357. The SMILES string of the molecule is CN(CCS(C)(=O)=O)c1nc(Cl)nc2ccccc12. The summed E-state index contributed by atoms with van der Waals surface area (Å²) < 4.78 is 22.4. The average molecular weight is 300 g/mol. The lowest BCUT2D eigenvalue weighted by atomic mass is 10.2. The van der Waals surface area contributed by atoms with Gasteiger partial charge in [-0.1, -0.05) is 12.1 Å². The van der Waals surface area contributed by atoms with Crippen LogP contribution in [-0.2, 0) is 9.84 Å². The number of hydrogen-bond donors (Lipinski definition) is 0. The van der Waals surface area contributed by atoms with Gasteiger partial charge < -0.3 is 4.90 Å². The maximum atomic E-state index is 11.2. The number of benzene rings is 1. The Morgan fingerprint density at radius 1 is 1.26 bits per heavy atom. The van der Waals surface area contributed by atoms with Crippen LogP contribution in [0, 0.1) is 0 Å². The molecule has 0 N–H and O–H groups in total. The molecule has 7 heteroatoms. The Labute approximate surface area is 117 Å². The molecule has 0 saturated heterocycles. The molecule has 0 fully saturated rings. The Morgan fingerprint density at radius 2 is 1.95 bits per heavy atom. The number of fused-ring (bicyclic) bond motifs is 1. The molecule has 0 radical (unpaired) electrons. The molecule has 0 saturated carbocycles. The van der Waals surface area contributed by atoms with Crippen molar-refractivity contribution in [3.8, 4) is 0 Å². The summed E-state index contributed by atoms with van der Waals surface area (Å²) in [5.41, 5.74) is 0.740. The van der Waals surface area contributed by atoms with Crippen LogP contribution in [0.25, 0.3) is 10.9 Å². The molecule has 0 aliphatic carbocycles. The summed E-state index contributed by atoms with van der Waals surface area (Å²) in [4.78, 5) is 10.1. The second kappa shape index (κ2) is 5.30. The van der Waals surface area contributed by atoms with Gasteiger partial charge in [-0.25, -0.2) is 13.4 Å². The van der Waals surface area contributed by atoms with Gasteiger partial charge in [0.15, 0.2) is 0 Å². The molecule has 0 aliphatic heterocycles. The minimum atomic E-state index is -3.01. The molecule has 1 heterocycles. The van der Waals surface area contributed by atoms with Crippen LogP contribution in [0.3, 0.4) is 0 Å². The molecule has 5 nitrogen and oxygen atoms in total. The van der Waals surface area contributed by atoms with E-state index >= 15 is 0 Å². The van der Waals surface area contributed by atoms with Crippen molar-refractivity contribution in [3.05, 3.63) is 29.5 Å². The smallest absolute Gasteiger partial charge is 0.224 e. The second-order valence-electron chi connectivity index (χ2n) is 4.38. The number of nitrogens with zero attached hydrogens (tertiary/aromatic N) is 3. The highest BCUT2D eigenvalue weighted by molar-refractivity contribution is 7.90. The molecular formula is C12H14ClN3O2S. The molecule has 102 valence electrons. The molecule has 0 aliphatic rings. The summed E-state index contributed by atoms with van der Waals surface area (Å²) in [5, 5.41) is 1.00. The molecule has 2 rings (SSSR count). The first-order valence-corrected chi connectivity index (χ1v) is 8.12. The maximum absolute atomic E-state index is 11.2. The van der Waals surface area contributed by atoms with Crippen LogP contribution < -0.4 is 4.90 Å². The van der Waals surface area contributed by atoms with E-state index in [2.05, 4.69) is 9.97 Å². The van der Waals surface area contributed by atoms with Crippen molar-refractivity contribution in [2.75, 3.05) is 30.5 Å². The highest BCUT2D eigenvalue weighted by Gasteiger charge is 2.12. The van der Waals surface area contributed by atoms with Crippen molar-refractivity contribution in [3.63, 3.8) is 0 Å². The van der Waals surface area contributed by atoms with Gasteiger partial charge in [-0.2, -0.15) is 4.98 Å². The Morgan fingerprint density at radius 3 is 2.63 bits per heavy atom. The Bertz CT molecular complexity index is 703.